The Hall–Kier alpha value is -5.36. The fraction of sp³-hybridized carbons (Fsp3) is 0.174. The van der Waals surface area contributed by atoms with Gasteiger partial charge in [-0.25, -0.2) is 0 Å². The van der Waals surface area contributed by atoms with E-state index in [1.54, 1.807) is 12.1 Å². The summed E-state index contributed by atoms with van der Waals surface area (Å²) in [5.74, 6) is 0. The SMILES string of the molecule is Cc1cc(-c2c3ccccc3c(-c3cc(C)c(-c4ccc(C)c(C(F)(F)F)c4)cc3C)c3ccccc23)c(C)cc1-c1ccc(C)c(C(F)(F)F)c1. The van der Waals surface area contributed by atoms with Gasteiger partial charge in [0.05, 0.1) is 11.1 Å². The Bertz CT molecular complexity index is 2320. The largest absolute Gasteiger partial charge is 0.416 e. The predicted molar refractivity (Wildman–Crippen MR) is 202 cm³/mol. The van der Waals surface area contributed by atoms with Crippen LogP contribution in [-0.4, -0.2) is 0 Å². The number of rotatable bonds is 4. The highest BCUT2D eigenvalue weighted by Gasteiger charge is 2.34. The van der Waals surface area contributed by atoms with E-state index in [-0.39, 0.29) is 11.1 Å². The molecule has 52 heavy (non-hydrogen) atoms. The lowest BCUT2D eigenvalue weighted by molar-refractivity contribution is -0.138. The number of hydrogen-bond donors (Lipinski definition) is 0. The first-order valence-electron chi connectivity index (χ1n) is 17.1. The summed E-state index contributed by atoms with van der Waals surface area (Å²) in [5.41, 5.74) is 9.28. The number of benzene rings is 7. The van der Waals surface area contributed by atoms with Crippen molar-refractivity contribution in [1.82, 2.24) is 0 Å². The van der Waals surface area contributed by atoms with Crippen molar-refractivity contribution in [3.05, 3.63) is 154 Å². The minimum atomic E-state index is -4.45. The van der Waals surface area contributed by atoms with Crippen LogP contribution in [0.3, 0.4) is 0 Å². The summed E-state index contributed by atoms with van der Waals surface area (Å²) < 4.78 is 83.0. The molecule has 7 aromatic rings. The quantitative estimate of drug-likeness (QED) is 0.127. The van der Waals surface area contributed by atoms with Gasteiger partial charge >= 0.3 is 12.4 Å². The van der Waals surface area contributed by atoms with E-state index in [4.69, 9.17) is 0 Å². The molecule has 0 atom stereocenters. The van der Waals surface area contributed by atoms with Gasteiger partial charge in [-0.3, -0.25) is 0 Å². The van der Waals surface area contributed by atoms with Crippen LogP contribution in [0.5, 0.6) is 0 Å². The lowest BCUT2D eigenvalue weighted by atomic mass is 9.82. The van der Waals surface area contributed by atoms with Gasteiger partial charge in [0, 0.05) is 0 Å². The van der Waals surface area contributed by atoms with Gasteiger partial charge in [-0.05, 0) is 153 Å². The number of fused-ring (bicyclic) bond motifs is 2. The second kappa shape index (κ2) is 12.7. The Labute approximate surface area is 299 Å². The Morgan fingerprint density at radius 2 is 0.615 bits per heavy atom. The molecule has 0 bridgehead atoms. The molecule has 6 heteroatoms. The van der Waals surface area contributed by atoms with Gasteiger partial charge in [0.1, 0.15) is 0 Å². The molecule has 0 spiro atoms. The normalized spacial score (nSPS) is 12.2. The highest BCUT2D eigenvalue weighted by atomic mass is 19.4. The van der Waals surface area contributed by atoms with Gasteiger partial charge in [0.25, 0.3) is 0 Å². The summed E-state index contributed by atoms with van der Waals surface area (Å²) >= 11 is 0. The molecule has 0 aromatic heterocycles. The molecule has 0 nitrogen and oxygen atoms in total. The highest BCUT2D eigenvalue weighted by Crippen LogP contribution is 2.47. The van der Waals surface area contributed by atoms with Crippen LogP contribution in [0.2, 0.25) is 0 Å². The summed E-state index contributed by atoms with van der Waals surface area (Å²) in [6, 6.07) is 33.5. The van der Waals surface area contributed by atoms with Crippen molar-refractivity contribution < 1.29 is 26.3 Å². The topological polar surface area (TPSA) is 0 Å². The minimum Gasteiger partial charge on any atom is -0.166 e. The molecular weight excluding hydrogens is 666 g/mol. The van der Waals surface area contributed by atoms with Crippen molar-refractivity contribution >= 4 is 21.5 Å². The van der Waals surface area contributed by atoms with Crippen molar-refractivity contribution in [1.29, 1.82) is 0 Å². The molecule has 0 radical (unpaired) electrons. The maximum absolute atomic E-state index is 13.8. The predicted octanol–water partition coefficient (Wildman–Crippen LogP) is 14.5. The van der Waals surface area contributed by atoms with Crippen molar-refractivity contribution in [3.63, 3.8) is 0 Å². The number of alkyl halides is 6. The molecule has 0 N–H and O–H groups in total. The maximum Gasteiger partial charge on any atom is 0.416 e. The summed E-state index contributed by atoms with van der Waals surface area (Å²) in [7, 11) is 0. The van der Waals surface area contributed by atoms with Crippen molar-refractivity contribution in [2.75, 3.05) is 0 Å². The van der Waals surface area contributed by atoms with Crippen LogP contribution < -0.4 is 0 Å². The molecule has 7 rings (SSSR count). The van der Waals surface area contributed by atoms with Crippen LogP contribution in [0, 0.1) is 41.5 Å². The summed E-state index contributed by atoms with van der Waals surface area (Å²) in [6.07, 6.45) is -8.89. The molecule has 0 aliphatic heterocycles. The molecule has 0 unspecified atom stereocenters. The van der Waals surface area contributed by atoms with Gasteiger partial charge in [-0.2, -0.15) is 26.3 Å². The highest BCUT2D eigenvalue weighted by molar-refractivity contribution is 6.22. The van der Waals surface area contributed by atoms with Crippen LogP contribution in [0.25, 0.3) is 66.1 Å². The van der Waals surface area contributed by atoms with Crippen LogP contribution >= 0.6 is 0 Å². The Morgan fingerprint density at radius 1 is 0.327 bits per heavy atom. The first kappa shape index (κ1) is 35.1. The van der Waals surface area contributed by atoms with E-state index in [2.05, 4.69) is 36.4 Å². The zero-order valence-electron chi connectivity index (χ0n) is 29.7. The average Bonchev–Trinajstić information content (AvgIpc) is 3.09. The fourth-order valence-corrected chi connectivity index (χ4v) is 7.69. The van der Waals surface area contributed by atoms with Crippen molar-refractivity contribution in [2.45, 2.75) is 53.9 Å². The first-order valence-corrected chi connectivity index (χ1v) is 17.1. The Kier molecular flexibility index (Phi) is 8.56. The average molecular weight is 703 g/mol. The maximum atomic E-state index is 13.8. The molecule has 0 heterocycles. The van der Waals surface area contributed by atoms with Crippen LogP contribution in [0.4, 0.5) is 26.3 Å². The number of halogens is 6. The fourth-order valence-electron chi connectivity index (χ4n) is 7.69. The third-order valence-electron chi connectivity index (χ3n) is 10.3. The third-order valence-corrected chi connectivity index (χ3v) is 10.3. The Morgan fingerprint density at radius 3 is 0.923 bits per heavy atom. The summed E-state index contributed by atoms with van der Waals surface area (Å²) in [5, 5.41) is 4.09. The van der Waals surface area contributed by atoms with Gasteiger partial charge in [-0.1, -0.05) is 97.1 Å². The number of hydrogen-bond acceptors (Lipinski definition) is 0. The first-order chi connectivity index (χ1) is 24.5. The second-order valence-corrected chi connectivity index (χ2v) is 13.9. The summed E-state index contributed by atoms with van der Waals surface area (Å²) in [4.78, 5) is 0. The van der Waals surface area contributed by atoms with Crippen molar-refractivity contribution in [3.8, 4) is 44.5 Å². The van der Waals surface area contributed by atoms with Gasteiger partial charge in [0.15, 0.2) is 0 Å². The van der Waals surface area contributed by atoms with E-state index in [9.17, 15) is 26.3 Å². The van der Waals surface area contributed by atoms with Crippen LogP contribution in [0.15, 0.2) is 109 Å². The zero-order chi connectivity index (χ0) is 37.3. The zero-order valence-corrected chi connectivity index (χ0v) is 29.7. The van der Waals surface area contributed by atoms with E-state index in [1.807, 2.05) is 64.1 Å². The van der Waals surface area contributed by atoms with E-state index in [1.165, 1.54) is 38.1 Å². The third kappa shape index (κ3) is 6.04. The van der Waals surface area contributed by atoms with E-state index in [0.29, 0.717) is 11.1 Å². The van der Waals surface area contributed by atoms with Crippen LogP contribution in [0.1, 0.15) is 44.5 Å². The minimum absolute atomic E-state index is 0.186. The van der Waals surface area contributed by atoms with E-state index in [0.717, 1.165) is 77.2 Å². The second-order valence-electron chi connectivity index (χ2n) is 13.9. The van der Waals surface area contributed by atoms with Gasteiger partial charge < -0.3 is 0 Å². The standard InChI is InChI=1S/C46H36F6/c1-25-15-17-31(23-41(25)45(47,48)49)37-19-29(5)39(21-27(37)3)43-33-11-7-9-13-35(33)44(36-14-10-8-12-34(36)43)40-22-28(4)38(20-30(40)6)32-18-16-26(2)42(24-32)46(50,51)52/h7-24H,1-6H3. The number of aryl methyl sites for hydroxylation is 6. The molecule has 0 saturated carbocycles. The van der Waals surface area contributed by atoms with E-state index >= 15 is 0 Å². The summed E-state index contributed by atoms with van der Waals surface area (Å²) in [6.45, 7) is 10.8. The van der Waals surface area contributed by atoms with Crippen LogP contribution in [-0.2, 0) is 12.4 Å². The van der Waals surface area contributed by atoms with E-state index < -0.39 is 23.5 Å². The lowest BCUT2D eigenvalue weighted by Gasteiger charge is -2.22. The molecule has 0 aliphatic carbocycles. The molecule has 7 aromatic carbocycles. The van der Waals surface area contributed by atoms with Gasteiger partial charge in [-0.15, -0.1) is 0 Å². The molecule has 0 fully saturated rings. The van der Waals surface area contributed by atoms with Gasteiger partial charge in [0.2, 0.25) is 0 Å². The smallest absolute Gasteiger partial charge is 0.166 e. The molecule has 0 saturated heterocycles. The molecule has 0 aliphatic rings. The Balaban J connectivity index is 1.43. The lowest BCUT2D eigenvalue weighted by Crippen LogP contribution is -2.07. The molecule has 262 valence electrons. The monoisotopic (exact) mass is 702 g/mol. The molecule has 0 amide bonds. The van der Waals surface area contributed by atoms with Crippen molar-refractivity contribution in [2.24, 2.45) is 0 Å². The molecular formula is C46H36F6.